The maximum absolute atomic E-state index is 14.5. The third kappa shape index (κ3) is 6.45. The number of nitrogens with one attached hydrogen (secondary N) is 1. The molecule has 48 heavy (non-hydrogen) atoms. The van der Waals surface area contributed by atoms with Crippen molar-refractivity contribution in [3.05, 3.63) is 76.6 Å². The van der Waals surface area contributed by atoms with Crippen molar-refractivity contribution < 1.29 is 22.7 Å². The molecule has 2 aliphatic heterocycles. The number of nitrogens with zero attached hydrogens (tertiary/aromatic N) is 8. The van der Waals surface area contributed by atoms with Gasteiger partial charge in [-0.05, 0) is 84.1 Å². The number of hydrogen-bond acceptors (Lipinski definition) is 9. The van der Waals surface area contributed by atoms with Crippen LogP contribution in [0.2, 0.25) is 0 Å². The maximum atomic E-state index is 14.5. The molecule has 0 unspecified atom stereocenters. The lowest BCUT2D eigenvalue weighted by molar-refractivity contribution is -0.138. The lowest BCUT2D eigenvalue weighted by atomic mass is 9.97. The van der Waals surface area contributed by atoms with Gasteiger partial charge in [-0.15, -0.1) is 10.2 Å². The molecule has 0 radical (unpaired) electrons. The lowest BCUT2D eigenvalue weighted by Gasteiger charge is -2.24. The first-order valence-corrected chi connectivity index (χ1v) is 15.4. The third-order valence-electron chi connectivity index (χ3n) is 8.69. The van der Waals surface area contributed by atoms with Crippen LogP contribution in [0.5, 0.6) is 0 Å². The molecule has 11 nitrogen and oxygen atoms in total. The number of aromatic nitrogens is 4. The zero-order valence-corrected chi connectivity index (χ0v) is 26.4. The van der Waals surface area contributed by atoms with Gasteiger partial charge < -0.3 is 14.6 Å². The summed E-state index contributed by atoms with van der Waals surface area (Å²) in [6.45, 7) is 1.39. The maximum Gasteiger partial charge on any atom is 0.416 e. The minimum Gasteiger partial charge on any atom is -0.383 e. The van der Waals surface area contributed by atoms with Gasteiger partial charge in [0.05, 0.1) is 42.8 Å². The van der Waals surface area contributed by atoms with E-state index in [4.69, 9.17) is 10.00 Å². The largest absolute Gasteiger partial charge is 0.416 e. The number of aryl methyl sites for hydroxylation is 1. The highest BCUT2D eigenvalue weighted by atomic mass is 19.4. The Bertz CT molecular complexity index is 1940. The van der Waals surface area contributed by atoms with Crippen LogP contribution in [-0.4, -0.2) is 63.4 Å². The Hall–Kier alpha value is -5.31. The predicted octanol–water partition coefficient (Wildman–Crippen LogP) is 5.53. The first kappa shape index (κ1) is 32.6. The van der Waals surface area contributed by atoms with Gasteiger partial charge in [0.1, 0.15) is 18.0 Å². The number of rotatable bonds is 10. The fourth-order valence-electron chi connectivity index (χ4n) is 6.44. The Labute approximate surface area is 275 Å². The van der Waals surface area contributed by atoms with Crippen LogP contribution in [-0.2, 0) is 31.1 Å². The van der Waals surface area contributed by atoms with E-state index >= 15 is 0 Å². The molecule has 0 spiro atoms. The van der Waals surface area contributed by atoms with Crippen LogP contribution >= 0.6 is 0 Å². The number of anilines is 2. The van der Waals surface area contributed by atoms with E-state index in [1.807, 2.05) is 0 Å². The normalized spacial score (nSPS) is 16.2. The highest BCUT2D eigenvalue weighted by Gasteiger charge is 2.41. The average Bonchev–Trinajstić information content (AvgIpc) is 3.79. The van der Waals surface area contributed by atoms with E-state index in [0.29, 0.717) is 46.1 Å². The van der Waals surface area contributed by atoms with E-state index in [1.165, 1.54) is 11.2 Å². The zero-order valence-electron chi connectivity index (χ0n) is 26.4. The second kappa shape index (κ2) is 13.4. The first-order valence-electron chi connectivity index (χ1n) is 15.4. The van der Waals surface area contributed by atoms with Gasteiger partial charge in [0.25, 0.3) is 5.91 Å². The summed E-state index contributed by atoms with van der Waals surface area (Å²) < 4.78 is 50.7. The van der Waals surface area contributed by atoms with Gasteiger partial charge in [0.2, 0.25) is 0 Å². The standard InChI is InChI=1S/C34H32F3N9O2/c1-44-20-41-43-32(44)25-7-6-21(16-39)11-26(25)23-14-30(40-9-4-8-38)42-31(15-23)46-18-28-27(33(46)47)12-22(13-29(28)34(35,36)37)17-45-10-3-5-24(45)19-48-2/h6-7,11-15,20,24H,3-5,9-10,17-19H2,1-2H3,(H,40,42)/t24-/m1/s1. The highest BCUT2D eigenvalue weighted by molar-refractivity contribution is 6.10. The molecular formula is C34H32F3N9O2. The van der Waals surface area contributed by atoms with E-state index in [2.05, 4.69) is 37.5 Å². The van der Waals surface area contributed by atoms with Crippen LogP contribution in [0.15, 0.2) is 48.8 Å². The number of carbonyl (C=O) groups excluding carboxylic acids is 1. The van der Waals surface area contributed by atoms with Gasteiger partial charge in [-0.1, -0.05) is 0 Å². The van der Waals surface area contributed by atoms with Gasteiger partial charge in [-0.3, -0.25) is 14.6 Å². The number of amides is 1. The minimum atomic E-state index is -4.69. The van der Waals surface area contributed by atoms with Gasteiger partial charge >= 0.3 is 6.18 Å². The molecule has 4 heterocycles. The SMILES string of the molecule is COC[C@H]1CCCN1Cc1cc2c(c(C(F)(F)F)c1)CN(c1cc(-c3cc(C#N)ccc3-c3nncn3C)cc(NCCC#N)n1)C2=O. The third-order valence-corrected chi connectivity index (χ3v) is 8.69. The van der Waals surface area contributed by atoms with E-state index in [0.717, 1.165) is 25.5 Å². The van der Waals surface area contributed by atoms with Crippen LogP contribution in [0.1, 0.15) is 51.9 Å². The highest BCUT2D eigenvalue weighted by Crippen LogP contribution is 2.41. The van der Waals surface area contributed by atoms with Crippen LogP contribution < -0.4 is 10.2 Å². The fourth-order valence-corrected chi connectivity index (χ4v) is 6.44. The zero-order chi connectivity index (χ0) is 34.0. The van der Waals surface area contributed by atoms with E-state index in [9.17, 15) is 23.2 Å². The molecular weight excluding hydrogens is 623 g/mol. The molecule has 2 aromatic carbocycles. The molecule has 1 fully saturated rings. The number of ether oxygens (including phenoxy) is 1. The van der Waals surface area contributed by atoms with Gasteiger partial charge in [0.15, 0.2) is 5.82 Å². The minimum absolute atomic E-state index is 0.0141. The predicted molar refractivity (Wildman–Crippen MR) is 170 cm³/mol. The molecule has 0 bridgehead atoms. The number of hydrogen-bond donors (Lipinski definition) is 1. The van der Waals surface area contributed by atoms with Crippen LogP contribution in [0, 0.1) is 22.7 Å². The number of benzene rings is 2. The molecule has 1 amide bonds. The second-order valence-electron chi connectivity index (χ2n) is 11.9. The number of nitriles is 2. The number of likely N-dealkylation sites (tertiary alicyclic amines) is 1. The van der Waals surface area contributed by atoms with Crippen LogP contribution in [0.4, 0.5) is 24.8 Å². The smallest absolute Gasteiger partial charge is 0.383 e. The number of carbonyl (C=O) groups is 1. The Morgan fingerprint density at radius 2 is 1.94 bits per heavy atom. The molecule has 1 N–H and O–H groups in total. The molecule has 0 saturated carbocycles. The molecule has 2 aliphatic rings. The molecule has 2 aromatic heterocycles. The first-order chi connectivity index (χ1) is 23.1. The summed E-state index contributed by atoms with van der Waals surface area (Å²) in [6, 6.07) is 15.4. The monoisotopic (exact) mass is 655 g/mol. The summed E-state index contributed by atoms with van der Waals surface area (Å²) in [5.41, 5.74) is 1.56. The van der Waals surface area contributed by atoms with Crippen molar-refractivity contribution in [2.45, 2.75) is 44.6 Å². The Morgan fingerprint density at radius 1 is 1.10 bits per heavy atom. The van der Waals surface area contributed by atoms with Crippen molar-refractivity contribution in [1.29, 1.82) is 10.5 Å². The van der Waals surface area contributed by atoms with E-state index in [1.54, 1.807) is 55.1 Å². The number of halogens is 3. The summed E-state index contributed by atoms with van der Waals surface area (Å²) in [7, 11) is 3.38. The summed E-state index contributed by atoms with van der Waals surface area (Å²) in [5, 5.41) is 30.1. The lowest BCUT2D eigenvalue weighted by Crippen LogP contribution is -2.32. The number of fused-ring (bicyclic) bond motifs is 1. The Balaban J connectivity index is 1.43. The summed E-state index contributed by atoms with van der Waals surface area (Å²) in [4.78, 5) is 21.9. The topological polar surface area (TPSA) is 136 Å². The van der Waals surface area contributed by atoms with Crippen LogP contribution in [0.3, 0.4) is 0 Å². The summed E-state index contributed by atoms with van der Waals surface area (Å²) in [6.07, 6.45) is -1.17. The molecule has 0 aliphatic carbocycles. The van der Waals surface area contributed by atoms with Crippen molar-refractivity contribution >= 4 is 17.5 Å². The van der Waals surface area contributed by atoms with Gasteiger partial charge in [-0.2, -0.15) is 23.7 Å². The number of alkyl halides is 3. The number of pyridine rings is 1. The quantitative estimate of drug-likeness (QED) is 0.219. The molecule has 1 saturated heterocycles. The van der Waals surface area contributed by atoms with E-state index < -0.39 is 17.6 Å². The summed E-state index contributed by atoms with van der Waals surface area (Å²) in [5.74, 6) is 0.347. The van der Waals surface area contributed by atoms with E-state index in [-0.39, 0.29) is 49.0 Å². The fraction of sp³-hybridized carbons (Fsp3) is 0.353. The van der Waals surface area contributed by atoms with Crippen molar-refractivity contribution in [2.24, 2.45) is 7.05 Å². The van der Waals surface area contributed by atoms with Gasteiger partial charge in [-0.25, -0.2) is 4.98 Å². The van der Waals surface area contributed by atoms with Crippen molar-refractivity contribution in [2.75, 3.05) is 37.0 Å². The second-order valence-corrected chi connectivity index (χ2v) is 11.9. The average molecular weight is 656 g/mol. The molecule has 1 atom stereocenters. The van der Waals surface area contributed by atoms with Crippen molar-refractivity contribution in [1.82, 2.24) is 24.6 Å². The molecule has 14 heteroatoms. The number of methoxy groups -OCH3 is 1. The Morgan fingerprint density at radius 3 is 2.65 bits per heavy atom. The summed E-state index contributed by atoms with van der Waals surface area (Å²) >= 11 is 0. The Kier molecular flexibility index (Phi) is 9.13. The molecule has 4 aromatic rings. The molecule has 246 valence electrons. The van der Waals surface area contributed by atoms with Crippen LogP contribution in [0.25, 0.3) is 22.5 Å². The van der Waals surface area contributed by atoms with Gasteiger partial charge in [0, 0.05) is 44.4 Å². The van der Waals surface area contributed by atoms with Crippen molar-refractivity contribution in [3.63, 3.8) is 0 Å². The molecule has 6 rings (SSSR count). The van der Waals surface area contributed by atoms with Crippen molar-refractivity contribution in [3.8, 4) is 34.7 Å².